The number of ether oxygens (including phenoxy) is 1. The molecule has 23 heavy (non-hydrogen) atoms. The predicted molar refractivity (Wildman–Crippen MR) is 78.6 cm³/mol. The lowest BCUT2D eigenvalue weighted by molar-refractivity contribution is -0.274. The summed E-state index contributed by atoms with van der Waals surface area (Å²) in [7, 11) is 0. The summed E-state index contributed by atoms with van der Waals surface area (Å²) in [5, 5.41) is 13.3. The van der Waals surface area contributed by atoms with Gasteiger partial charge in [-0.25, -0.2) is 0 Å². The van der Waals surface area contributed by atoms with Gasteiger partial charge in [0.1, 0.15) is 5.75 Å². The highest BCUT2D eigenvalue weighted by atomic mass is 19.4. The topological polar surface area (TPSA) is 50.8 Å². The predicted octanol–water partition coefficient (Wildman–Crippen LogP) is 4.51. The van der Waals surface area contributed by atoms with Crippen molar-refractivity contribution < 1.29 is 17.9 Å². The van der Waals surface area contributed by atoms with Crippen LogP contribution in [-0.2, 0) is 6.54 Å². The van der Waals surface area contributed by atoms with E-state index in [1.165, 1.54) is 12.1 Å². The van der Waals surface area contributed by atoms with Crippen LogP contribution in [0.5, 0.6) is 5.75 Å². The second-order valence-electron chi connectivity index (χ2n) is 5.07. The molecule has 0 aliphatic heterocycles. The summed E-state index contributed by atoms with van der Waals surface area (Å²) in [6.07, 6.45) is 1.63. The average Bonchev–Trinajstić information content (AvgIpc) is 2.94. The van der Waals surface area contributed by atoms with Crippen LogP contribution in [0, 0.1) is 11.3 Å². The molecule has 0 N–H and O–H groups in total. The molecule has 0 bridgehead atoms. The molecule has 0 fully saturated rings. The molecular formula is C16H16F3N3O. The normalized spacial score (nSPS) is 11.3. The minimum atomic E-state index is -4.77. The van der Waals surface area contributed by atoms with Gasteiger partial charge in [-0.3, -0.25) is 4.68 Å². The summed E-state index contributed by atoms with van der Waals surface area (Å²) in [5.41, 5.74) is 1.23. The quantitative estimate of drug-likeness (QED) is 0.735. The Balaban J connectivity index is 2.26. The number of halogens is 3. The van der Waals surface area contributed by atoms with Crippen LogP contribution in [0.4, 0.5) is 13.2 Å². The van der Waals surface area contributed by atoms with Gasteiger partial charge in [-0.05, 0) is 24.6 Å². The van der Waals surface area contributed by atoms with E-state index in [-0.39, 0.29) is 11.3 Å². The molecule has 0 unspecified atom stereocenters. The van der Waals surface area contributed by atoms with Crippen molar-refractivity contribution in [2.24, 2.45) is 0 Å². The van der Waals surface area contributed by atoms with Crippen LogP contribution in [0.1, 0.15) is 31.7 Å². The SMILES string of the molecule is CCCCCn1cc(-c2cc(OC(F)(F)F)ccc2C#N)cn1. The van der Waals surface area contributed by atoms with Gasteiger partial charge in [0.2, 0.25) is 0 Å². The van der Waals surface area contributed by atoms with E-state index in [4.69, 9.17) is 5.26 Å². The smallest absolute Gasteiger partial charge is 0.406 e. The Morgan fingerprint density at radius 1 is 1.30 bits per heavy atom. The maximum Gasteiger partial charge on any atom is 0.573 e. The second kappa shape index (κ2) is 7.18. The van der Waals surface area contributed by atoms with Crippen LogP contribution in [0.2, 0.25) is 0 Å². The average molecular weight is 323 g/mol. The molecule has 0 aliphatic rings. The number of nitriles is 1. The van der Waals surface area contributed by atoms with Gasteiger partial charge in [0.25, 0.3) is 0 Å². The largest absolute Gasteiger partial charge is 0.573 e. The molecule has 0 saturated heterocycles. The zero-order valence-corrected chi connectivity index (χ0v) is 12.6. The fourth-order valence-electron chi connectivity index (χ4n) is 2.21. The van der Waals surface area contributed by atoms with Gasteiger partial charge in [-0.15, -0.1) is 13.2 Å². The summed E-state index contributed by atoms with van der Waals surface area (Å²) in [4.78, 5) is 0. The van der Waals surface area contributed by atoms with Crippen LogP contribution in [0.3, 0.4) is 0 Å². The van der Waals surface area contributed by atoms with Gasteiger partial charge in [0.05, 0.1) is 17.8 Å². The third-order valence-corrected chi connectivity index (χ3v) is 3.28. The third kappa shape index (κ3) is 4.74. The van der Waals surface area contributed by atoms with Crippen molar-refractivity contribution in [3.05, 3.63) is 36.2 Å². The van der Waals surface area contributed by atoms with E-state index < -0.39 is 6.36 Å². The van der Waals surface area contributed by atoms with Crippen LogP contribution in [0.15, 0.2) is 30.6 Å². The molecule has 4 nitrogen and oxygen atoms in total. The van der Waals surface area contributed by atoms with Crippen LogP contribution in [0.25, 0.3) is 11.1 Å². The van der Waals surface area contributed by atoms with E-state index in [9.17, 15) is 13.2 Å². The maximum atomic E-state index is 12.3. The molecule has 1 aromatic heterocycles. The fraction of sp³-hybridized carbons (Fsp3) is 0.375. The van der Waals surface area contributed by atoms with Gasteiger partial charge in [-0.1, -0.05) is 19.8 Å². The van der Waals surface area contributed by atoms with Gasteiger partial charge in [0.15, 0.2) is 0 Å². The third-order valence-electron chi connectivity index (χ3n) is 3.28. The first kappa shape index (κ1) is 16.9. The Morgan fingerprint density at radius 3 is 2.74 bits per heavy atom. The number of nitrogens with zero attached hydrogens (tertiary/aromatic N) is 3. The van der Waals surface area contributed by atoms with Crippen molar-refractivity contribution in [1.82, 2.24) is 9.78 Å². The molecule has 0 saturated carbocycles. The van der Waals surface area contributed by atoms with Gasteiger partial charge < -0.3 is 4.74 Å². The number of hydrogen-bond donors (Lipinski definition) is 0. The fourth-order valence-corrected chi connectivity index (χ4v) is 2.21. The van der Waals surface area contributed by atoms with Crippen molar-refractivity contribution in [2.75, 3.05) is 0 Å². The highest BCUT2D eigenvalue weighted by Gasteiger charge is 2.31. The first-order chi connectivity index (χ1) is 10.9. The Bertz CT molecular complexity index is 701. The summed E-state index contributed by atoms with van der Waals surface area (Å²) in [5.74, 6) is -0.356. The minimum absolute atomic E-state index is 0.271. The minimum Gasteiger partial charge on any atom is -0.406 e. The Kier molecular flexibility index (Phi) is 5.27. The summed E-state index contributed by atoms with van der Waals surface area (Å²) in [6, 6.07) is 5.62. The molecule has 7 heteroatoms. The molecule has 0 radical (unpaired) electrons. The van der Waals surface area contributed by atoms with Crippen molar-refractivity contribution in [3.8, 4) is 22.9 Å². The number of aromatic nitrogens is 2. The number of benzene rings is 1. The van der Waals surface area contributed by atoms with Crippen molar-refractivity contribution in [3.63, 3.8) is 0 Å². The zero-order valence-electron chi connectivity index (χ0n) is 12.6. The van der Waals surface area contributed by atoms with E-state index in [2.05, 4.69) is 16.8 Å². The van der Waals surface area contributed by atoms with E-state index in [0.29, 0.717) is 11.1 Å². The highest BCUT2D eigenvalue weighted by Crippen LogP contribution is 2.30. The van der Waals surface area contributed by atoms with Crippen LogP contribution < -0.4 is 4.74 Å². The molecule has 2 aromatic rings. The molecule has 0 spiro atoms. The lowest BCUT2D eigenvalue weighted by Gasteiger charge is -2.10. The zero-order chi connectivity index (χ0) is 16.9. The molecular weight excluding hydrogens is 307 g/mol. The highest BCUT2D eigenvalue weighted by molar-refractivity contribution is 5.71. The van der Waals surface area contributed by atoms with Crippen LogP contribution in [-0.4, -0.2) is 16.1 Å². The Labute approximate surface area is 132 Å². The summed E-state index contributed by atoms with van der Waals surface area (Å²) >= 11 is 0. The molecule has 1 heterocycles. The molecule has 122 valence electrons. The number of hydrogen-bond acceptors (Lipinski definition) is 3. The molecule has 1 aromatic carbocycles. The number of unbranched alkanes of at least 4 members (excludes halogenated alkanes) is 2. The van der Waals surface area contributed by atoms with Gasteiger partial charge >= 0.3 is 6.36 Å². The van der Waals surface area contributed by atoms with Crippen molar-refractivity contribution >= 4 is 0 Å². The summed E-state index contributed by atoms with van der Waals surface area (Å²) < 4.78 is 42.6. The van der Waals surface area contributed by atoms with E-state index in [1.807, 2.05) is 6.07 Å². The van der Waals surface area contributed by atoms with Crippen LogP contribution >= 0.6 is 0 Å². The van der Waals surface area contributed by atoms with E-state index >= 15 is 0 Å². The van der Waals surface area contributed by atoms with E-state index in [1.54, 1.807) is 17.1 Å². The lowest BCUT2D eigenvalue weighted by Crippen LogP contribution is -2.17. The van der Waals surface area contributed by atoms with Crippen molar-refractivity contribution in [2.45, 2.75) is 39.1 Å². The Morgan fingerprint density at radius 2 is 2.09 bits per heavy atom. The standard InChI is InChI=1S/C16H16F3N3O/c1-2-3-4-7-22-11-13(10-21-22)15-8-14(23-16(17,18)19)6-5-12(15)9-20/h5-6,8,10-11H,2-4,7H2,1H3. The first-order valence-corrected chi connectivity index (χ1v) is 7.25. The summed E-state index contributed by atoms with van der Waals surface area (Å²) in [6.45, 7) is 2.83. The molecule has 2 rings (SSSR count). The lowest BCUT2D eigenvalue weighted by atomic mass is 10.0. The molecule has 0 aliphatic carbocycles. The number of alkyl halides is 3. The number of aryl methyl sites for hydroxylation is 1. The van der Waals surface area contributed by atoms with Gasteiger partial charge in [-0.2, -0.15) is 10.4 Å². The van der Waals surface area contributed by atoms with Crippen molar-refractivity contribution in [1.29, 1.82) is 5.26 Å². The number of rotatable bonds is 6. The molecule has 0 atom stereocenters. The first-order valence-electron chi connectivity index (χ1n) is 7.25. The Hall–Kier alpha value is -2.49. The van der Waals surface area contributed by atoms with Gasteiger partial charge in [0, 0.05) is 23.9 Å². The maximum absolute atomic E-state index is 12.3. The van der Waals surface area contributed by atoms with E-state index in [0.717, 1.165) is 31.9 Å². The second-order valence-corrected chi connectivity index (χ2v) is 5.07. The molecule has 0 amide bonds. The monoisotopic (exact) mass is 323 g/mol.